The van der Waals surface area contributed by atoms with Gasteiger partial charge in [0.1, 0.15) is 19.7 Å². The molecule has 0 heterocycles. The van der Waals surface area contributed by atoms with Crippen molar-refractivity contribution in [3.05, 3.63) is 47.0 Å². The summed E-state index contributed by atoms with van der Waals surface area (Å²) in [6.45, 7) is 9.20. The van der Waals surface area contributed by atoms with Crippen LogP contribution in [0.3, 0.4) is 0 Å². The molecular formula is C31H46O7. The fraction of sp³-hybridized carbons (Fsp3) is 0.710. The van der Waals surface area contributed by atoms with E-state index < -0.39 is 0 Å². The van der Waals surface area contributed by atoms with Crippen LogP contribution in [0.25, 0.3) is 0 Å². The number of rotatable bonds is 9. The Bertz CT molecular complexity index is 975. The molecule has 212 valence electrons. The lowest BCUT2D eigenvalue weighted by molar-refractivity contribution is -0.217. The Kier molecular flexibility index (Phi) is 9.36. The largest absolute Gasteiger partial charge is 0.458 e. The Hall–Kier alpha value is -1.77. The van der Waals surface area contributed by atoms with Crippen molar-refractivity contribution in [2.45, 2.75) is 78.1 Å². The zero-order chi connectivity index (χ0) is 27.5. The molecule has 0 radical (unpaired) electrons. The van der Waals surface area contributed by atoms with Crippen LogP contribution in [0.4, 0.5) is 0 Å². The quantitative estimate of drug-likeness (QED) is 0.264. The Morgan fingerprint density at radius 3 is 2.37 bits per heavy atom. The van der Waals surface area contributed by atoms with Gasteiger partial charge in [0.05, 0.1) is 24.4 Å². The van der Waals surface area contributed by atoms with Crippen molar-refractivity contribution in [2.24, 2.45) is 28.6 Å². The van der Waals surface area contributed by atoms with E-state index in [0.29, 0.717) is 17.9 Å². The monoisotopic (exact) mass is 530 g/mol. The zero-order valence-corrected chi connectivity index (χ0v) is 23.9. The lowest BCUT2D eigenvalue weighted by atomic mass is 9.45. The molecule has 38 heavy (non-hydrogen) atoms. The summed E-state index contributed by atoms with van der Waals surface area (Å²) in [5, 5.41) is 9.96. The first kappa shape index (κ1) is 29.2. The van der Waals surface area contributed by atoms with E-state index >= 15 is 0 Å². The van der Waals surface area contributed by atoms with Crippen LogP contribution in [-0.2, 0) is 23.7 Å². The van der Waals surface area contributed by atoms with Gasteiger partial charge in [-0.2, -0.15) is 0 Å². The average Bonchev–Trinajstić information content (AvgIpc) is 3.28. The van der Waals surface area contributed by atoms with E-state index in [0.717, 1.165) is 36.8 Å². The Morgan fingerprint density at radius 2 is 1.71 bits per heavy atom. The number of aryl methyl sites for hydroxylation is 1. The van der Waals surface area contributed by atoms with Crippen molar-refractivity contribution in [2.75, 3.05) is 34.4 Å². The summed E-state index contributed by atoms with van der Waals surface area (Å²) >= 11 is 0. The van der Waals surface area contributed by atoms with Gasteiger partial charge in [0.25, 0.3) is 0 Å². The third-order valence-electron chi connectivity index (χ3n) is 10.2. The lowest BCUT2D eigenvalue weighted by Crippen LogP contribution is -2.61. The summed E-state index contributed by atoms with van der Waals surface area (Å²) in [5.74, 6) is 0.312. The lowest BCUT2D eigenvalue weighted by Gasteiger charge is -2.61. The molecule has 0 saturated heterocycles. The Balaban J connectivity index is 1.79. The number of carbonyl (C=O) groups excluding carboxylic acids is 1. The number of aliphatic hydroxyl groups excluding tert-OH is 1. The molecule has 4 rings (SSSR count). The maximum absolute atomic E-state index is 13.4. The van der Waals surface area contributed by atoms with Crippen molar-refractivity contribution in [1.29, 1.82) is 0 Å². The summed E-state index contributed by atoms with van der Waals surface area (Å²) in [4.78, 5) is 13.4. The molecule has 0 unspecified atom stereocenters. The van der Waals surface area contributed by atoms with Crippen LogP contribution < -0.4 is 0 Å². The summed E-state index contributed by atoms with van der Waals surface area (Å²) in [6, 6.07) is 7.59. The zero-order valence-electron chi connectivity index (χ0n) is 23.9. The minimum absolute atomic E-state index is 0.0641. The highest BCUT2D eigenvalue weighted by Gasteiger charge is 2.67. The molecule has 7 nitrogen and oxygen atoms in total. The third-order valence-corrected chi connectivity index (χ3v) is 10.2. The number of carbonyl (C=O) groups is 1. The van der Waals surface area contributed by atoms with E-state index in [1.165, 1.54) is 0 Å². The maximum atomic E-state index is 13.4. The number of hydrogen-bond acceptors (Lipinski definition) is 7. The number of esters is 1. The van der Waals surface area contributed by atoms with Crippen molar-refractivity contribution < 1.29 is 33.6 Å². The molecule has 1 aromatic rings. The second kappa shape index (κ2) is 12.2. The highest BCUT2D eigenvalue weighted by atomic mass is 16.7. The second-order valence-corrected chi connectivity index (χ2v) is 11.9. The highest BCUT2D eigenvalue weighted by molar-refractivity contribution is 5.89. The summed E-state index contributed by atoms with van der Waals surface area (Å²) in [7, 11) is 3.27. The molecule has 7 heteroatoms. The number of aliphatic hydroxyl groups is 1. The van der Waals surface area contributed by atoms with Gasteiger partial charge in [-0.25, -0.2) is 4.79 Å². The van der Waals surface area contributed by atoms with Gasteiger partial charge in [0.2, 0.25) is 0 Å². The third kappa shape index (κ3) is 5.20. The number of benzene rings is 1. The number of hydrogen-bond donors (Lipinski definition) is 1. The van der Waals surface area contributed by atoms with Gasteiger partial charge in [0, 0.05) is 25.6 Å². The van der Waals surface area contributed by atoms with Crippen LogP contribution in [0.1, 0.15) is 68.8 Å². The number of methoxy groups -OCH3 is 2. The van der Waals surface area contributed by atoms with E-state index in [4.69, 9.17) is 23.7 Å². The van der Waals surface area contributed by atoms with Crippen molar-refractivity contribution in [3.8, 4) is 0 Å². The molecule has 1 aromatic carbocycles. The molecule has 0 aliphatic heterocycles. The topological polar surface area (TPSA) is 83.5 Å². The standard InChI is InChI=1S/C31H46O7/c1-20-7-9-23(10-8-20)29(33)38-25-12-15-31-14-11-21(2)30(4,28(25)31)26(36-18-34-5)17-24(13-16-32)27(22(31)3)37-19-35-6/h7-10,13,21-22,25-28,32H,11-12,14-19H2,1-6H3/b24-13+/t21-,22+,25+,26-,27+,28+,30+,31+/m1/s1. The molecule has 3 aliphatic carbocycles. The SMILES string of the molecule is COCO[C@@H]1/C(=C/CO)C[C@@H](OCOC)[C@]2(C)[C@H](C)CC[C@]3(CC[C@H](OC(=O)c4ccc(C)cc4)[C@H]32)[C@H]1C. The molecule has 0 amide bonds. The van der Waals surface area contributed by atoms with Crippen molar-refractivity contribution >= 4 is 5.97 Å². The van der Waals surface area contributed by atoms with Crippen LogP contribution in [0.15, 0.2) is 35.9 Å². The minimum atomic E-state index is -0.277. The molecule has 8 atom stereocenters. The first-order valence-electron chi connectivity index (χ1n) is 14.0. The predicted octanol–water partition coefficient (Wildman–Crippen LogP) is 5.29. The van der Waals surface area contributed by atoms with Crippen LogP contribution in [0.2, 0.25) is 0 Å². The van der Waals surface area contributed by atoms with E-state index in [9.17, 15) is 9.90 Å². The molecule has 3 aliphatic rings. The predicted molar refractivity (Wildman–Crippen MR) is 144 cm³/mol. The van der Waals surface area contributed by atoms with Crippen molar-refractivity contribution in [3.63, 3.8) is 0 Å². The molecule has 3 fully saturated rings. The first-order valence-corrected chi connectivity index (χ1v) is 14.0. The van der Waals surface area contributed by atoms with Gasteiger partial charge in [-0.05, 0) is 74.0 Å². The van der Waals surface area contributed by atoms with Gasteiger partial charge >= 0.3 is 5.97 Å². The average molecular weight is 531 g/mol. The van der Waals surface area contributed by atoms with Crippen LogP contribution in [0, 0.1) is 35.5 Å². The minimum Gasteiger partial charge on any atom is -0.458 e. The molecule has 3 saturated carbocycles. The number of ether oxygens (including phenoxy) is 5. The summed E-state index contributed by atoms with van der Waals surface area (Å²) < 4.78 is 29.9. The Morgan fingerprint density at radius 1 is 1.05 bits per heavy atom. The van der Waals surface area contributed by atoms with Crippen LogP contribution in [0.5, 0.6) is 0 Å². The summed E-state index contributed by atoms with van der Waals surface area (Å²) in [5.41, 5.74) is 2.34. The molecule has 0 spiro atoms. The van der Waals surface area contributed by atoms with Crippen LogP contribution >= 0.6 is 0 Å². The van der Waals surface area contributed by atoms with E-state index in [1.54, 1.807) is 14.2 Å². The molecular weight excluding hydrogens is 484 g/mol. The van der Waals surface area contributed by atoms with Gasteiger partial charge in [-0.3, -0.25) is 0 Å². The van der Waals surface area contributed by atoms with Gasteiger partial charge in [-0.15, -0.1) is 0 Å². The molecule has 1 N–H and O–H groups in total. The normalized spacial score (nSPS) is 37.9. The van der Waals surface area contributed by atoms with Gasteiger partial charge in [0.15, 0.2) is 0 Å². The summed E-state index contributed by atoms with van der Waals surface area (Å²) in [6.07, 6.45) is 5.69. The fourth-order valence-corrected chi connectivity index (χ4v) is 8.06. The first-order chi connectivity index (χ1) is 18.2. The molecule has 2 bridgehead atoms. The molecule has 0 aromatic heterocycles. The van der Waals surface area contributed by atoms with E-state index in [2.05, 4.69) is 20.8 Å². The maximum Gasteiger partial charge on any atom is 0.338 e. The smallest absolute Gasteiger partial charge is 0.338 e. The highest BCUT2D eigenvalue weighted by Crippen LogP contribution is 2.68. The van der Waals surface area contributed by atoms with Gasteiger partial charge in [-0.1, -0.05) is 44.5 Å². The fourth-order valence-electron chi connectivity index (χ4n) is 8.06. The van der Waals surface area contributed by atoms with E-state index in [-0.39, 0.29) is 67.1 Å². The van der Waals surface area contributed by atoms with E-state index in [1.807, 2.05) is 37.3 Å². The van der Waals surface area contributed by atoms with Crippen LogP contribution in [-0.4, -0.2) is 63.8 Å². The second-order valence-electron chi connectivity index (χ2n) is 11.9. The Labute approximate surface area is 227 Å². The van der Waals surface area contributed by atoms with Crippen molar-refractivity contribution in [1.82, 2.24) is 0 Å². The van der Waals surface area contributed by atoms with Gasteiger partial charge < -0.3 is 28.8 Å².